The molecule has 0 aliphatic carbocycles. The maximum Gasteiger partial charge on any atom is 0.255 e. The lowest BCUT2D eigenvalue weighted by molar-refractivity contribution is 0.102. The average Bonchev–Trinajstić information content (AvgIpc) is 2.87. The quantitative estimate of drug-likeness (QED) is 0.767. The number of nitrogens with one attached hydrogen (secondary N) is 1. The molecule has 0 saturated heterocycles. The summed E-state index contributed by atoms with van der Waals surface area (Å²) in [5.41, 5.74) is 4.15. The van der Waals surface area contributed by atoms with Crippen LogP contribution in [0.5, 0.6) is 0 Å². The standard InChI is InChI=1S/C18H17N3OS/c1-4-5-13-6-7-15(11(2)8-13)17(22)21-14-9-16-18(19-10-14)23-12(3)20-16/h4-10H,1-3H3,(H,21,22)/b5-4+. The zero-order chi connectivity index (χ0) is 16.4. The number of thiazole rings is 1. The molecule has 0 spiro atoms. The van der Waals surface area contributed by atoms with Crippen LogP contribution in [-0.4, -0.2) is 15.9 Å². The number of nitrogens with zero attached hydrogens (tertiary/aromatic N) is 2. The highest BCUT2D eigenvalue weighted by molar-refractivity contribution is 7.18. The topological polar surface area (TPSA) is 54.9 Å². The number of aromatic nitrogens is 2. The Bertz CT molecular complexity index is 912. The Morgan fingerprint density at radius 2 is 2.09 bits per heavy atom. The zero-order valence-electron chi connectivity index (χ0n) is 13.3. The van der Waals surface area contributed by atoms with Crippen molar-refractivity contribution in [1.29, 1.82) is 0 Å². The van der Waals surface area contributed by atoms with Gasteiger partial charge in [0.15, 0.2) is 0 Å². The summed E-state index contributed by atoms with van der Waals surface area (Å²) < 4.78 is 0. The van der Waals surface area contributed by atoms with Gasteiger partial charge in [0.25, 0.3) is 5.91 Å². The molecule has 5 heteroatoms. The summed E-state index contributed by atoms with van der Waals surface area (Å²) in [6.45, 7) is 5.85. The fourth-order valence-corrected chi connectivity index (χ4v) is 3.17. The van der Waals surface area contributed by atoms with Crippen LogP contribution in [0.2, 0.25) is 0 Å². The van der Waals surface area contributed by atoms with E-state index in [4.69, 9.17) is 0 Å². The van der Waals surface area contributed by atoms with Crippen LogP contribution >= 0.6 is 11.3 Å². The van der Waals surface area contributed by atoms with Crippen LogP contribution in [0.1, 0.15) is 33.4 Å². The molecule has 0 bridgehead atoms. The normalized spacial score (nSPS) is 11.3. The molecule has 0 fully saturated rings. The number of pyridine rings is 1. The molecule has 0 aliphatic rings. The molecular weight excluding hydrogens is 306 g/mol. The smallest absolute Gasteiger partial charge is 0.255 e. The molecule has 0 saturated carbocycles. The number of aryl methyl sites for hydroxylation is 2. The Labute approximate surface area is 138 Å². The van der Waals surface area contributed by atoms with Crippen LogP contribution in [0.3, 0.4) is 0 Å². The number of amides is 1. The molecule has 1 N–H and O–H groups in total. The number of hydrogen-bond donors (Lipinski definition) is 1. The molecular formula is C18H17N3OS. The van der Waals surface area contributed by atoms with Crippen LogP contribution in [0, 0.1) is 13.8 Å². The van der Waals surface area contributed by atoms with Gasteiger partial charge in [-0.1, -0.05) is 35.6 Å². The molecule has 3 rings (SSSR count). The molecule has 2 heterocycles. The van der Waals surface area contributed by atoms with E-state index in [9.17, 15) is 4.79 Å². The second kappa shape index (κ2) is 6.30. The first-order valence-corrected chi connectivity index (χ1v) is 8.16. The van der Waals surface area contributed by atoms with E-state index in [2.05, 4.69) is 15.3 Å². The Morgan fingerprint density at radius 3 is 2.83 bits per heavy atom. The van der Waals surface area contributed by atoms with Gasteiger partial charge in [0.2, 0.25) is 0 Å². The van der Waals surface area contributed by atoms with Crippen LogP contribution in [0.4, 0.5) is 5.69 Å². The van der Waals surface area contributed by atoms with Gasteiger partial charge in [-0.2, -0.15) is 0 Å². The van der Waals surface area contributed by atoms with E-state index < -0.39 is 0 Å². The number of hydrogen-bond acceptors (Lipinski definition) is 4. The predicted molar refractivity (Wildman–Crippen MR) is 96.0 cm³/mol. The molecule has 1 aromatic carbocycles. The molecule has 0 radical (unpaired) electrons. The first kappa shape index (κ1) is 15.4. The number of allylic oxidation sites excluding steroid dienone is 1. The van der Waals surface area contributed by atoms with Crippen molar-refractivity contribution in [3.63, 3.8) is 0 Å². The Balaban J connectivity index is 1.85. The van der Waals surface area contributed by atoms with Gasteiger partial charge in [-0.3, -0.25) is 4.79 Å². The summed E-state index contributed by atoms with van der Waals surface area (Å²) in [6, 6.07) is 7.64. The van der Waals surface area contributed by atoms with E-state index in [-0.39, 0.29) is 5.91 Å². The SMILES string of the molecule is C/C=C/c1ccc(C(=O)Nc2cnc3sc(C)nc3c2)c(C)c1. The van der Waals surface area contributed by atoms with Crippen LogP contribution in [0.15, 0.2) is 36.5 Å². The van der Waals surface area contributed by atoms with Crippen molar-refractivity contribution in [3.05, 3.63) is 58.2 Å². The molecule has 0 aliphatic heterocycles. The number of rotatable bonds is 3. The van der Waals surface area contributed by atoms with Crippen molar-refractivity contribution in [3.8, 4) is 0 Å². The van der Waals surface area contributed by atoms with Crippen molar-refractivity contribution in [2.75, 3.05) is 5.32 Å². The maximum absolute atomic E-state index is 12.5. The monoisotopic (exact) mass is 323 g/mol. The molecule has 23 heavy (non-hydrogen) atoms. The van der Waals surface area contributed by atoms with Gasteiger partial charge in [0.05, 0.1) is 16.9 Å². The van der Waals surface area contributed by atoms with E-state index in [1.807, 2.05) is 57.2 Å². The summed E-state index contributed by atoms with van der Waals surface area (Å²) in [4.78, 5) is 22.1. The minimum atomic E-state index is -0.136. The van der Waals surface area contributed by atoms with Crippen LogP contribution in [-0.2, 0) is 0 Å². The van der Waals surface area contributed by atoms with Gasteiger partial charge in [-0.25, -0.2) is 9.97 Å². The molecule has 1 amide bonds. The molecule has 0 unspecified atom stereocenters. The van der Waals surface area contributed by atoms with Crippen molar-refractivity contribution in [2.45, 2.75) is 20.8 Å². The molecule has 4 nitrogen and oxygen atoms in total. The van der Waals surface area contributed by atoms with Gasteiger partial charge in [-0.05, 0) is 44.0 Å². The third kappa shape index (κ3) is 3.29. The lowest BCUT2D eigenvalue weighted by Crippen LogP contribution is -2.13. The van der Waals surface area contributed by atoms with Gasteiger partial charge in [0, 0.05) is 5.56 Å². The van der Waals surface area contributed by atoms with Crippen molar-refractivity contribution >= 4 is 39.4 Å². The summed E-state index contributed by atoms with van der Waals surface area (Å²) in [5.74, 6) is -0.136. The third-order valence-electron chi connectivity index (χ3n) is 3.47. The highest BCUT2D eigenvalue weighted by Gasteiger charge is 2.11. The molecule has 0 atom stereocenters. The third-order valence-corrected chi connectivity index (χ3v) is 4.36. The van der Waals surface area contributed by atoms with E-state index in [0.29, 0.717) is 11.3 Å². The van der Waals surface area contributed by atoms with Gasteiger partial charge >= 0.3 is 0 Å². The van der Waals surface area contributed by atoms with E-state index in [0.717, 1.165) is 26.5 Å². The first-order chi connectivity index (χ1) is 11.1. The van der Waals surface area contributed by atoms with Crippen LogP contribution < -0.4 is 5.32 Å². The number of anilines is 1. The van der Waals surface area contributed by atoms with Crippen LogP contribution in [0.25, 0.3) is 16.4 Å². The van der Waals surface area contributed by atoms with Gasteiger partial charge in [-0.15, -0.1) is 0 Å². The Morgan fingerprint density at radius 1 is 1.26 bits per heavy atom. The fourth-order valence-electron chi connectivity index (χ4n) is 2.44. The minimum Gasteiger partial charge on any atom is -0.321 e. The maximum atomic E-state index is 12.5. The zero-order valence-corrected chi connectivity index (χ0v) is 14.1. The first-order valence-electron chi connectivity index (χ1n) is 7.34. The summed E-state index contributed by atoms with van der Waals surface area (Å²) in [6.07, 6.45) is 5.66. The molecule has 2 aromatic heterocycles. The second-order valence-corrected chi connectivity index (χ2v) is 6.49. The lowest BCUT2D eigenvalue weighted by Gasteiger charge is -2.08. The Hall–Kier alpha value is -2.53. The van der Waals surface area contributed by atoms with Crippen molar-refractivity contribution in [2.24, 2.45) is 0 Å². The highest BCUT2D eigenvalue weighted by Crippen LogP contribution is 2.22. The van der Waals surface area contributed by atoms with E-state index >= 15 is 0 Å². The predicted octanol–water partition coefficient (Wildman–Crippen LogP) is 4.59. The van der Waals surface area contributed by atoms with Gasteiger partial charge in [0.1, 0.15) is 10.3 Å². The highest BCUT2D eigenvalue weighted by atomic mass is 32.1. The number of benzene rings is 1. The van der Waals surface area contributed by atoms with Crippen molar-refractivity contribution in [1.82, 2.24) is 9.97 Å². The average molecular weight is 323 g/mol. The molecule has 116 valence electrons. The largest absolute Gasteiger partial charge is 0.321 e. The van der Waals surface area contributed by atoms with Gasteiger partial charge < -0.3 is 5.32 Å². The number of fused-ring (bicyclic) bond motifs is 1. The fraction of sp³-hybridized carbons (Fsp3) is 0.167. The minimum absolute atomic E-state index is 0.136. The number of carbonyl (C=O) groups excluding carboxylic acids is 1. The van der Waals surface area contributed by atoms with Crippen molar-refractivity contribution < 1.29 is 4.79 Å². The Kier molecular flexibility index (Phi) is 4.21. The summed E-state index contributed by atoms with van der Waals surface area (Å²) >= 11 is 1.54. The second-order valence-electron chi connectivity index (χ2n) is 5.31. The summed E-state index contributed by atoms with van der Waals surface area (Å²) in [5, 5.41) is 3.86. The number of carbonyl (C=O) groups is 1. The summed E-state index contributed by atoms with van der Waals surface area (Å²) in [7, 11) is 0. The lowest BCUT2D eigenvalue weighted by atomic mass is 10.0. The van der Waals surface area contributed by atoms with E-state index in [1.165, 1.54) is 0 Å². The van der Waals surface area contributed by atoms with E-state index in [1.54, 1.807) is 17.5 Å². The molecule has 3 aromatic rings.